The number of benzene rings is 1. The van der Waals surface area contributed by atoms with Crippen LogP contribution in [0.25, 0.3) is 0 Å². The van der Waals surface area contributed by atoms with Crippen LogP contribution < -0.4 is 5.32 Å². The number of anilines is 1. The summed E-state index contributed by atoms with van der Waals surface area (Å²) in [4.78, 5) is 11.6. The SMILES string of the molecule is N#Cc1ccc(NC(=O)CCc2ccco2)c(F)c1. The summed E-state index contributed by atoms with van der Waals surface area (Å²) in [6.07, 6.45) is 2.19. The number of halogens is 1. The maximum absolute atomic E-state index is 13.5. The van der Waals surface area contributed by atoms with Crippen molar-refractivity contribution in [1.82, 2.24) is 0 Å². The van der Waals surface area contributed by atoms with Crippen LogP contribution >= 0.6 is 0 Å². The number of rotatable bonds is 4. The molecular weight excluding hydrogens is 247 g/mol. The summed E-state index contributed by atoms with van der Waals surface area (Å²) < 4.78 is 18.6. The number of nitrogens with one attached hydrogen (secondary N) is 1. The molecule has 0 saturated carbocycles. The highest BCUT2D eigenvalue weighted by Crippen LogP contribution is 2.16. The number of hydrogen-bond acceptors (Lipinski definition) is 3. The van der Waals surface area contributed by atoms with E-state index in [-0.39, 0.29) is 23.6 Å². The maximum Gasteiger partial charge on any atom is 0.224 e. The number of furan rings is 1. The Morgan fingerprint density at radius 2 is 2.26 bits per heavy atom. The van der Waals surface area contributed by atoms with Gasteiger partial charge in [0.25, 0.3) is 0 Å². The zero-order valence-corrected chi connectivity index (χ0v) is 10.0. The quantitative estimate of drug-likeness (QED) is 0.916. The molecule has 0 fully saturated rings. The smallest absolute Gasteiger partial charge is 0.224 e. The molecule has 1 aromatic carbocycles. The van der Waals surface area contributed by atoms with Gasteiger partial charge in [-0.1, -0.05) is 0 Å². The van der Waals surface area contributed by atoms with Crippen LogP contribution in [0.2, 0.25) is 0 Å². The first-order chi connectivity index (χ1) is 9.19. The number of carbonyl (C=O) groups is 1. The zero-order valence-electron chi connectivity index (χ0n) is 10.0. The summed E-state index contributed by atoms with van der Waals surface area (Å²) in [5, 5.41) is 11.1. The van der Waals surface area contributed by atoms with Crippen LogP contribution in [0.4, 0.5) is 10.1 Å². The number of hydrogen-bond donors (Lipinski definition) is 1. The molecule has 0 spiro atoms. The average Bonchev–Trinajstić information content (AvgIpc) is 2.92. The van der Waals surface area contributed by atoms with Gasteiger partial charge in [-0.05, 0) is 30.3 Å². The normalized spacial score (nSPS) is 9.89. The minimum Gasteiger partial charge on any atom is -0.469 e. The first-order valence-corrected chi connectivity index (χ1v) is 5.71. The van der Waals surface area contributed by atoms with E-state index in [1.165, 1.54) is 18.4 Å². The van der Waals surface area contributed by atoms with E-state index in [1.54, 1.807) is 12.1 Å². The molecule has 1 heterocycles. The van der Waals surface area contributed by atoms with Gasteiger partial charge < -0.3 is 9.73 Å². The highest BCUT2D eigenvalue weighted by atomic mass is 19.1. The summed E-state index contributed by atoms with van der Waals surface area (Å²) in [7, 11) is 0. The molecule has 5 heteroatoms. The van der Waals surface area contributed by atoms with Crippen LogP contribution in [0.5, 0.6) is 0 Å². The molecule has 19 heavy (non-hydrogen) atoms. The van der Waals surface area contributed by atoms with Gasteiger partial charge in [-0.2, -0.15) is 5.26 Å². The largest absolute Gasteiger partial charge is 0.469 e. The van der Waals surface area contributed by atoms with Gasteiger partial charge in [0.05, 0.1) is 23.6 Å². The number of carbonyl (C=O) groups excluding carboxylic acids is 1. The van der Waals surface area contributed by atoms with Crippen molar-refractivity contribution >= 4 is 11.6 Å². The number of aryl methyl sites for hydroxylation is 1. The molecule has 0 saturated heterocycles. The Labute approximate surface area is 109 Å². The molecule has 1 aromatic heterocycles. The topological polar surface area (TPSA) is 66.0 Å². The second kappa shape index (κ2) is 5.83. The van der Waals surface area contributed by atoms with Gasteiger partial charge in [0.2, 0.25) is 5.91 Å². The van der Waals surface area contributed by atoms with Gasteiger partial charge >= 0.3 is 0 Å². The van der Waals surface area contributed by atoms with Crippen molar-refractivity contribution in [2.24, 2.45) is 0 Å². The van der Waals surface area contributed by atoms with Crippen molar-refractivity contribution in [3.05, 3.63) is 53.7 Å². The molecule has 0 unspecified atom stereocenters. The third kappa shape index (κ3) is 3.42. The predicted octanol–water partition coefficient (Wildman–Crippen LogP) is 2.86. The Hall–Kier alpha value is -2.61. The van der Waals surface area contributed by atoms with E-state index in [4.69, 9.17) is 9.68 Å². The summed E-state index contributed by atoms with van der Waals surface area (Å²) in [6, 6.07) is 9.25. The molecule has 1 amide bonds. The van der Waals surface area contributed by atoms with Crippen LogP contribution in [-0.2, 0) is 11.2 Å². The van der Waals surface area contributed by atoms with Crippen molar-refractivity contribution in [2.75, 3.05) is 5.32 Å². The van der Waals surface area contributed by atoms with E-state index >= 15 is 0 Å². The van der Waals surface area contributed by atoms with Gasteiger partial charge in [-0.15, -0.1) is 0 Å². The number of amides is 1. The maximum atomic E-state index is 13.5. The minimum atomic E-state index is -0.620. The van der Waals surface area contributed by atoms with E-state index in [0.29, 0.717) is 12.2 Å². The molecule has 0 aliphatic carbocycles. The third-order valence-corrected chi connectivity index (χ3v) is 2.55. The molecule has 2 aromatic rings. The molecule has 0 radical (unpaired) electrons. The van der Waals surface area contributed by atoms with Crippen LogP contribution in [-0.4, -0.2) is 5.91 Å². The van der Waals surface area contributed by atoms with Crippen molar-refractivity contribution in [3.8, 4) is 6.07 Å². The number of nitriles is 1. The molecule has 0 atom stereocenters. The van der Waals surface area contributed by atoms with Gasteiger partial charge in [0, 0.05) is 12.8 Å². The highest BCUT2D eigenvalue weighted by molar-refractivity contribution is 5.90. The third-order valence-electron chi connectivity index (χ3n) is 2.55. The lowest BCUT2D eigenvalue weighted by Gasteiger charge is -2.05. The van der Waals surface area contributed by atoms with Crippen molar-refractivity contribution in [1.29, 1.82) is 5.26 Å². The second-order valence-electron chi connectivity index (χ2n) is 3.93. The van der Waals surface area contributed by atoms with Gasteiger partial charge in [0.1, 0.15) is 11.6 Å². The van der Waals surface area contributed by atoms with E-state index in [9.17, 15) is 9.18 Å². The van der Waals surface area contributed by atoms with Gasteiger partial charge in [-0.3, -0.25) is 4.79 Å². The fraction of sp³-hybridized carbons (Fsp3) is 0.143. The lowest BCUT2D eigenvalue weighted by molar-refractivity contribution is -0.116. The van der Waals surface area contributed by atoms with Crippen LogP contribution in [0.3, 0.4) is 0 Å². The zero-order chi connectivity index (χ0) is 13.7. The van der Waals surface area contributed by atoms with Crippen molar-refractivity contribution in [2.45, 2.75) is 12.8 Å². The standard InChI is InChI=1S/C14H11FN2O2/c15-12-8-10(9-16)3-5-13(12)17-14(18)6-4-11-2-1-7-19-11/h1-3,5,7-8H,4,6H2,(H,17,18). The monoisotopic (exact) mass is 258 g/mol. The predicted molar refractivity (Wildman–Crippen MR) is 66.8 cm³/mol. The molecule has 1 N–H and O–H groups in total. The highest BCUT2D eigenvalue weighted by Gasteiger charge is 2.08. The van der Waals surface area contributed by atoms with E-state index < -0.39 is 5.82 Å². The molecule has 0 aliphatic rings. The summed E-state index contributed by atoms with van der Waals surface area (Å²) >= 11 is 0. The Morgan fingerprint density at radius 1 is 1.42 bits per heavy atom. The Morgan fingerprint density at radius 3 is 2.89 bits per heavy atom. The Kier molecular flexibility index (Phi) is 3.94. The van der Waals surface area contributed by atoms with E-state index in [0.717, 1.165) is 6.07 Å². The number of nitrogens with zero attached hydrogens (tertiary/aromatic N) is 1. The molecule has 0 aliphatic heterocycles. The van der Waals surface area contributed by atoms with Crippen LogP contribution in [0.1, 0.15) is 17.7 Å². The van der Waals surface area contributed by atoms with Crippen LogP contribution in [0, 0.1) is 17.1 Å². The van der Waals surface area contributed by atoms with Gasteiger partial charge in [-0.25, -0.2) is 4.39 Å². The lowest BCUT2D eigenvalue weighted by atomic mass is 10.2. The van der Waals surface area contributed by atoms with Crippen molar-refractivity contribution in [3.63, 3.8) is 0 Å². The summed E-state index contributed by atoms with van der Waals surface area (Å²) in [5.41, 5.74) is 0.287. The van der Waals surface area contributed by atoms with E-state index in [1.807, 2.05) is 6.07 Å². The minimum absolute atomic E-state index is 0.0726. The summed E-state index contributed by atoms with van der Waals surface area (Å²) in [5.74, 6) is -0.221. The molecule has 2 rings (SSSR count). The first kappa shape index (κ1) is 12.8. The van der Waals surface area contributed by atoms with Crippen molar-refractivity contribution < 1.29 is 13.6 Å². The Bertz CT molecular complexity index is 615. The fourth-order valence-corrected chi connectivity index (χ4v) is 1.59. The molecular formula is C14H11FN2O2. The van der Waals surface area contributed by atoms with Gasteiger partial charge in [0.15, 0.2) is 0 Å². The molecule has 4 nitrogen and oxygen atoms in total. The average molecular weight is 258 g/mol. The van der Waals surface area contributed by atoms with Crippen LogP contribution in [0.15, 0.2) is 41.0 Å². The lowest BCUT2D eigenvalue weighted by Crippen LogP contribution is -2.13. The molecule has 96 valence electrons. The fourth-order valence-electron chi connectivity index (χ4n) is 1.59. The Balaban J connectivity index is 1.94. The molecule has 0 bridgehead atoms. The van der Waals surface area contributed by atoms with E-state index in [2.05, 4.69) is 5.32 Å². The first-order valence-electron chi connectivity index (χ1n) is 5.71. The summed E-state index contributed by atoms with van der Waals surface area (Å²) in [6.45, 7) is 0. The second-order valence-corrected chi connectivity index (χ2v) is 3.93.